The Kier molecular flexibility index (Phi) is 31.7. The van der Waals surface area contributed by atoms with Crippen LogP contribution in [0.3, 0.4) is 0 Å². The Balaban J connectivity index is 4.39. The summed E-state index contributed by atoms with van der Waals surface area (Å²) < 4.78 is 22.0. The van der Waals surface area contributed by atoms with Gasteiger partial charge in [-0.3, -0.25) is 13.8 Å². The van der Waals surface area contributed by atoms with E-state index in [9.17, 15) is 19.4 Å². The van der Waals surface area contributed by atoms with Crippen LogP contribution in [0.2, 0.25) is 0 Å². The summed E-state index contributed by atoms with van der Waals surface area (Å²) in [7, 11) is -4.33. The summed E-state index contributed by atoms with van der Waals surface area (Å²) in [6.07, 6.45) is 36.1. The molecule has 0 rings (SSSR count). The van der Waals surface area contributed by atoms with E-state index in [1.807, 2.05) is 6.08 Å². The van der Waals surface area contributed by atoms with Crippen LogP contribution in [0.25, 0.3) is 0 Å². The molecule has 0 aliphatic carbocycles. The number of hydrogen-bond donors (Lipinski definition) is 4. The predicted molar refractivity (Wildman–Crippen MR) is 189 cm³/mol. The molecular formula is C36H69N2O6P. The van der Waals surface area contributed by atoms with Gasteiger partial charge in [0, 0.05) is 13.0 Å². The van der Waals surface area contributed by atoms with Crippen LogP contribution in [0.15, 0.2) is 36.5 Å². The highest BCUT2D eigenvalue weighted by atomic mass is 31.2. The Morgan fingerprint density at radius 1 is 0.733 bits per heavy atom. The van der Waals surface area contributed by atoms with Crippen LogP contribution >= 0.6 is 7.82 Å². The summed E-state index contributed by atoms with van der Waals surface area (Å²) in [5.74, 6) is -0.212. The Bertz CT molecular complexity index is 804. The molecule has 0 fully saturated rings. The number of aliphatic hydroxyl groups excluding tert-OH is 1. The molecule has 45 heavy (non-hydrogen) atoms. The first-order chi connectivity index (χ1) is 21.9. The van der Waals surface area contributed by atoms with E-state index in [-0.39, 0.29) is 25.7 Å². The molecule has 0 heterocycles. The van der Waals surface area contributed by atoms with Gasteiger partial charge in [-0.2, -0.15) is 0 Å². The fourth-order valence-electron chi connectivity index (χ4n) is 4.91. The second-order valence-corrected chi connectivity index (χ2v) is 13.5. The predicted octanol–water partition coefficient (Wildman–Crippen LogP) is 9.22. The van der Waals surface area contributed by atoms with Crippen molar-refractivity contribution in [1.82, 2.24) is 5.32 Å². The van der Waals surface area contributed by atoms with Gasteiger partial charge in [-0.15, -0.1) is 0 Å². The summed E-state index contributed by atoms with van der Waals surface area (Å²) in [6.45, 7) is 4.05. The lowest BCUT2D eigenvalue weighted by Crippen LogP contribution is -2.45. The van der Waals surface area contributed by atoms with Crippen molar-refractivity contribution in [2.24, 2.45) is 5.73 Å². The molecule has 5 N–H and O–H groups in total. The van der Waals surface area contributed by atoms with Gasteiger partial charge in [0.25, 0.3) is 0 Å². The van der Waals surface area contributed by atoms with Gasteiger partial charge in [-0.25, -0.2) is 4.57 Å². The van der Waals surface area contributed by atoms with E-state index in [0.717, 1.165) is 64.2 Å². The zero-order valence-corrected chi connectivity index (χ0v) is 29.7. The number of nitrogens with one attached hydrogen (secondary N) is 1. The Morgan fingerprint density at radius 3 is 1.82 bits per heavy atom. The maximum Gasteiger partial charge on any atom is 0.472 e. The van der Waals surface area contributed by atoms with Crippen LogP contribution in [-0.2, 0) is 18.4 Å². The van der Waals surface area contributed by atoms with Gasteiger partial charge in [0.1, 0.15) is 0 Å². The lowest BCUT2D eigenvalue weighted by atomic mass is 10.1. The molecule has 0 aliphatic heterocycles. The molecule has 3 unspecified atom stereocenters. The van der Waals surface area contributed by atoms with E-state index in [2.05, 4.69) is 43.5 Å². The van der Waals surface area contributed by atoms with Crippen molar-refractivity contribution in [2.45, 2.75) is 167 Å². The van der Waals surface area contributed by atoms with Gasteiger partial charge < -0.3 is 21.1 Å². The molecule has 9 heteroatoms. The molecule has 0 saturated heterocycles. The van der Waals surface area contributed by atoms with Crippen molar-refractivity contribution in [3.8, 4) is 0 Å². The Labute approximate surface area is 276 Å². The van der Waals surface area contributed by atoms with E-state index in [4.69, 9.17) is 14.8 Å². The lowest BCUT2D eigenvalue weighted by Gasteiger charge is -2.23. The minimum atomic E-state index is -4.33. The minimum Gasteiger partial charge on any atom is -0.387 e. The van der Waals surface area contributed by atoms with Crippen LogP contribution in [0.5, 0.6) is 0 Å². The van der Waals surface area contributed by atoms with E-state index >= 15 is 0 Å². The molecule has 3 atom stereocenters. The molecule has 0 spiro atoms. The Hall–Kier alpha value is -1.28. The number of hydrogen-bond acceptors (Lipinski definition) is 6. The van der Waals surface area contributed by atoms with E-state index < -0.39 is 20.0 Å². The molecule has 0 radical (unpaired) electrons. The summed E-state index contributed by atoms with van der Waals surface area (Å²) in [5.41, 5.74) is 5.34. The molecule has 1 amide bonds. The summed E-state index contributed by atoms with van der Waals surface area (Å²) >= 11 is 0. The zero-order chi connectivity index (χ0) is 33.3. The maximum absolute atomic E-state index is 12.7. The summed E-state index contributed by atoms with van der Waals surface area (Å²) in [4.78, 5) is 22.5. The highest BCUT2D eigenvalue weighted by Gasteiger charge is 2.26. The summed E-state index contributed by atoms with van der Waals surface area (Å²) in [6, 6.07) is -0.864. The molecule has 8 nitrogen and oxygen atoms in total. The molecule has 0 saturated carbocycles. The number of rotatable bonds is 33. The number of carbonyl (C=O) groups excluding carboxylic acids is 1. The molecule has 0 aromatic heterocycles. The van der Waals surface area contributed by atoms with Gasteiger partial charge >= 0.3 is 7.82 Å². The quantitative estimate of drug-likeness (QED) is 0.0315. The number of nitrogens with two attached hydrogens (primary N) is 1. The van der Waals surface area contributed by atoms with Gasteiger partial charge in [-0.05, 0) is 44.9 Å². The van der Waals surface area contributed by atoms with Crippen molar-refractivity contribution >= 4 is 13.7 Å². The van der Waals surface area contributed by atoms with Gasteiger partial charge in [0.15, 0.2) is 0 Å². The van der Waals surface area contributed by atoms with E-state index in [1.165, 1.54) is 70.6 Å². The standard InChI is InChI=1S/C36H69N2O6P/c1-3-5-7-9-11-13-15-17-18-20-22-24-26-28-30-36(40)38-34(33-44-45(41,42)43-32-31-37)35(39)29-27-25-23-21-19-16-14-12-10-8-6-4-2/h9,11,15,17,27,29,34-35,39H,3-8,10,12-14,16,18-26,28,30-33,37H2,1-2H3,(H,38,40)(H,41,42)/b11-9-,17-15-,29-27+. The normalized spacial score (nSPS) is 14.9. The number of allylic oxidation sites excluding steroid dienone is 5. The molecular weight excluding hydrogens is 587 g/mol. The van der Waals surface area contributed by atoms with Crippen LogP contribution in [0.4, 0.5) is 0 Å². The van der Waals surface area contributed by atoms with Crippen molar-refractivity contribution in [3.63, 3.8) is 0 Å². The number of amides is 1. The molecule has 264 valence electrons. The average molecular weight is 657 g/mol. The van der Waals surface area contributed by atoms with Crippen LogP contribution in [-0.4, -0.2) is 47.8 Å². The van der Waals surface area contributed by atoms with E-state index in [0.29, 0.717) is 6.42 Å². The van der Waals surface area contributed by atoms with E-state index in [1.54, 1.807) is 6.08 Å². The first kappa shape index (κ1) is 43.7. The third-order valence-corrected chi connectivity index (χ3v) is 8.69. The molecule has 0 bridgehead atoms. The highest BCUT2D eigenvalue weighted by Crippen LogP contribution is 2.43. The van der Waals surface area contributed by atoms with Crippen molar-refractivity contribution < 1.29 is 28.4 Å². The van der Waals surface area contributed by atoms with Crippen LogP contribution < -0.4 is 11.1 Å². The first-order valence-electron chi connectivity index (χ1n) is 18.1. The number of phosphoric acid groups is 1. The fraction of sp³-hybridized carbons (Fsp3) is 0.806. The third-order valence-electron chi connectivity index (χ3n) is 7.71. The number of aliphatic hydroxyl groups is 1. The van der Waals surface area contributed by atoms with Gasteiger partial charge in [0.2, 0.25) is 5.91 Å². The smallest absolute Gasteiger partial charge is 0.387 e. The molecule has 0 aliphatic rings. The second kappa shape index (κ2) is 32.7. The van der Waals surface area contributed by atoms with Crippen molar-refractivity contribution in [2.75, 3.05) is 19.8 Å². The second-order valence-electron chi connectivity index (χ2n) is 12.1. The Morgan fingerprint density at radius 2 is 1.24 bits per heavy atom. The van der Waals surface area contributed by atoms with Crippen LogP contribution in [0.1, 0.15) is 155 Å². The van der Waals surface area contributed by atoms with Gasteiger partial charge in [-0.1, -0.05) is 140 Å². The third kappa shape index (κ3) is 31.1. The van der Waals surface area contributed by atoms with Gasteiger partial charge in [0.05, 0.1) is 25.4 Å². The SMILES string of the molecule is CCCC/C=C\C/C=C\CCCCCCCC(=O)NC(COP(=O)(O)OCCN)C(O)/C=C/CCCCCCCCCCCC. The number of phosphoric ester groups is 1. The first-order valence-corrected chi connectivity index (χ1v) is 19.6. The minimum absolute atomic E-state index is 0.0753. The zero-order valence-electron chi connectivity index (χ0n) is 28.8. The molecule has 0 aromatic rings. The number of carbonyl (C=O) groups is 1. The molecule has 0 aromatic carbocycles. The maximum atomic E-state index is 12.7. The largest absolute Gasteiger partial charge is 0.472 e. The topological polar surface area (TPSA) is 131 Å². The van der Waals surface area contributed by atoms with Crippen molar-refractivity contribution in [3.05, 3.63) is 36.5 Å². The average Bonchev–Trinajstić information content (AvgIpc) is 3.02. The monoisotopic (exact) mass is 656 g/mol. The lowest BCUT2D eigenvalue weighted by molar-refractivity contribution is -0.123. The van der Waals surface area contributed by atoms with Crippen LogP contribution in [0, 0.1) is 0 Å². The summed E-state index contributed by atoms with van der Waals surface area (Å²) in [5, 5.41) is 13.6. The number of unbranched alkanes of at least 4 members (excludes halogenated alkanes) is 17. The fourth-order valence-corrected chi connectivity index (χ4v) is 5.67. The van der Waals surface area contributed by atoms with Crippen molar-refractivity contribution in [1.29, 1.82) is 0 Å². The highest BCUT2D eigenvalue weighted by molar-refractivity contribution is 7.47.